The number of alkyl halides is 6. The molecule has 2 aromatic heterocycles. The van der Waals surface area contributed by atoms with Gasteiger partial charge in [0.2, 0.25) is 9.23 Å². The number of anilines is 3. The summed E-state index contributed by atoms with van der Waals surface area (Å²) in [6.45, 7) is 28.0. The Morgan fingerprint density at radius 1 is 0.713 bits per heavy atom. The molecule has 1 aliphatic rings. The minimum Gasteiger partial charge on any atom is -1.00 e. The number of carboxylic acid groups (broad SMARTS) is 1. The summed E-state index contributed by atoms with van der Waals surface area (Å²) in [5.74, 6) is -1.44. The normalized spacial score (nSPS) is 11.9. The van der Waals surface area contributed by atoms with Crippen molar-refractivity contribution in [1.82, 2.24) is 19.6 Å². The first-order valence-corrected chi connectivity index (χ1v) is 41.9. The number of carbonyl (C=O) groups excluding carboxylic acids is 2. The molecule has 10 aromatic rings. The van der Waals surface area contributed by atoms with E-state index in [2.05, 4.69) is 119 Å². The average Bonchev–Trinajstić information content (AvgIpc) is 1.61. The molecule has 0 aliphatic heterocycles. The number of nitrogens with two attached hydrogens (primary N) is 2. The van der Waals surface area contributed by atoms with Gasteiger partial charge >= 0.3 is 41.7 Å². The van der Waals surface area contributed by atoms with Gasteiger partial charge in [0, 0.05) is 38.3 Å². The van der Waals surface area contributed by atoms with E-state index in [0.717, 1.165) is 48.1 Å². The number of benzene rings is 8. The van der Waals surface area contributed by atoms with E-state index in [1.54, 1.807) is 117 Å². The van der Waals surface area contributed by atoms with Gasteiger partial charge in [-0.25, -0.2) is 23.2 Å². The molecule has 2 heterocycles. The number of aldehydes is 1. The Morgan fingerprint density at radius 2 is 1.19 bits per heavy atom. The minimum atomic E-state index is -4.85. The van der Waals surface area contributed by atoms with Gasteiger partial charge in [0.15, 0.2) is 11.4 Å². The van der Waals surface area contributed by atoms with Crippen molar-refractivity contribution in [3.05, 3.63) is 285 Å². The molecule has 0 spiro atoms. The predicted molar refractivity (Wildman–Crippen MR) is 413 cm³/mol. The van der Waals surface area contributed by atoms with Crippen molar-refractivity contribution in [2.45, 2.75) is 97.8 Å². The van der Waals surface area contributed by atoms with E-state index >= 15 is 0 Å². The zero-order valence-corrected chi connectivity index (χ0v) is 67.5. The van der Waals surface area contributed by atoms with Crippen molar-refractivity contribution in [2.24, 2.45) is 11.7 Å². The second-order valence-electron chi connectivity index (χ2n) is 25.4. The number of carbonyl (C=O) groups is 3. The third-order valence-electron chi connectivity index (χ3n) is 14.5. The zero-order chi connectivity index (χ0) is 78.7. The Labute approximate surface area is 663 Å². The molecule has 11 rings (SSSR count). The average molecular weight is 1650 g/mol. The van der Waals surface area contributed by atoms with Crippen molar-refractivity contribution in [3.8, 4) is 28.9 Å². The van der Waals surface area contributed by atoms with E-state index in [1.807, 2.05) is 37.3 Å². The van der Waals surface area contributed by atoms with Crippen molar-refractivity contribution in [2.75, 3.05) is 21.8 Å². The van der Waals surface area contributed by atoms with Crippen LogP contribution in [0.1, 0.15) is 101 Å². The molecule has 1 fully saturated rings. The molecule has 1 saturated carbocycles. The van der Waals surface area contributed by atoms with Crippen molar-refractivity contribution in [1.29, 1.82) is 5.26 Å². The first kappa shape index (κ1) is 93.0. The largest absolute Gasteiger partial charge is 2.00 e. The topological polar surface area (TPSA) is 279 Å². The van der Waals surface area contributed by atoms with Gasteiger partial charge in [0.05, 0.1) is 41.0 Å². The van der Waals surface area contributed by atoms with Crippen LogP contribution < -0.4 is 47.5 Å². The number of amides is 1. The number of hydrogen-bond donors (Lipinski definition) is 6. The van der Waals surface area contributed by atoms with Crippen LogP contribution in [0.15, 0.2) is 206 Å². The fraction of sp³-hybridized carbons (Fsp3) is 0.224. The number of aryl methyl sites for hydroxylation is 3. The molecular weight excluding hydrogens is 1570 g/mol. The molecule has 8 aromatic carbocycles. The number of rotatable bonds is 16. The molecule has 0 saturated heterocycles. The van der Waals surface area contributed by atoms with Crippen LogP contribution in [0.3, 0.4) is 0 Å². The Kier molecular flexibility index (Phi) is 37.7. The van der Waals surface area contributed by atoms with E-state index in [0.29, 0.717) is 56.5 Å². The summed E-state index contributed by atoms with van der Waals surface area (Å²) in [5, 5.41) is 49.9. The summed E-state index contributed by atoms with van der Waals surface area (Å²) in [4.78, 5) is 37.7. The molecule has 2 atom stereocenters. The maximum atomic E-state index is 13.1. The number of nitriles is 1. The molecular formula is C76H79BrCl2F6MgN10O9SSi2. The van der Waals surface area contributed by atoms with Gasteiger partial charge in [-0.3, -0.25) is 9.59 Å². The fourth-order valence-corrected chi connectivity index (χ4v) is 20.2. The molecule has 19 nitrogen and oxygen atoms in total. The van der Waals surface area contributed by atoms with Crippen molar-refractivity contribution < 1.29 is 86.7 Å². The second kappa shape index (κ2) is 43.7. The number of aromatic nitrogens is 4. The first-order chi connectivity index (χ1) is 49.8. The summed E-state index contributed by atoms with van der Waals surface area (Å²) in [6, 6.07) is 60.6. The van der Waals surface area contributed by atoms with Gasteiger partial charge in [-0.1, -0.05) is 135 Å². The summed E-state index contributed by atoms with van der Waals surface area (Å²) in [6.07, 6.45) is -8.32. The maximum absolute atomic E-state index is 13.1. The number of hydrogen-bond acceptors (Lipinski definition) is 14. The molecule has 566 valence electrons. The number of nitrogen functional groups attached to an aromatic ring is 1. The van der Waals surface area contributed by atoms with Crippen LogP contribution in [0, 0.1) is 50.7 Å². The fourth-order valence-electron chi connectivity index (χ4n) is 10.4. The quantitative estimate of drug-likeness (QED) is 0.0131. The molecule has 1 amide bonds. The molecule has 1 aliphatic carbocycles. The number of carboxylic acids is 1. The summed E-state index contributed by atoms with van der Waals surface area (Å²) < 4.78 is 96.4. The molecule has 0 radical (unpaired) electrons. The number of ether oxygens (including phenoxy) is 2. The van der Waals surface area contributed by atoms with Crippen LogP contribution in [-0.4, -0.2) is 116 Å². The number of nitrogens with zero attached hydrogens (tertiary/aromatic N) is 7. The minimum absolute atomic E-state index is 0. The number of aliphatic hydroxyl groups is 2. The van der Waals surface area contributed by atoms with Gasteiger partial charge < -0.3 is 62.8 Å². The SMILES string of the molecule is C[Si](C)(C)N(c1c[c-]ccc1)[Si](C)(C)C.Cc1cc(C(=O)O)n(-c2cccc(C#N)c2)n1.Cc1cccc(C=O)c1.NCC1CC1.Nc1cccc(C(O)c2cccc(OC(F)(F)F)c2)c1.O=S(Cl)Cl.[Br-].[C-]#[N+]c1cccc(-n2nc(C)cc2C(=O)Nc2cccc(C(O)c3cccc(OC(F)(F)F)c3)c2)c1.[Mg+2]. The standard InChI is InChI=1S/C26H19F3N4O3.C14H12F3NO2.C12H9N3O2.C12H22NSi2.C8H8O.C4H9N.BrH.Cl2OS.Mg/c1-16-12-23(33(32-16)21-10-5-8-19(15-21)30-2)25(35)31-20-9-3-6-17(13-20)24(34)18-7-4-11-22(14-18)36-26(27,28)29;15-14(16,17)20-12-6-2-4-10(8-12)13(19)9-3-1-5-11(18)7-9;1-8-5-11(12(16)17)15(14-8)10-4-2-3-9(6-10)7-13;1-14(2,3)13(15(4,5)6)12-10-8-7-9-11-12;1-7-3-2-4-8(5-7)6-9;5-3-4-1-2-4;;1-4(2)3;/h3-15,24,34H,1H3,(H,31,35);1-8,13,19H,18H2;2-6H,1H3,(H,16,17);7-8,10-11H,1-6H3;2-6H,1H3;4H,1-3,5H2;1H;;/q;;;-1;;;;;+2/p-1. The van der Waals surface area contributed by atoms with Crippen LogP contribution >= 0.6 is 21.4 Å². The van der Waals surface area contributed by atoms with Gasteiger partial charge in [-0.05, 0) is 165 Å². The van der Waals surface area contributed by atoms with E-state index < -0.39 is 68.3 Å². The Balaban J connectivity index is 0.000000360. The third kappa shape index (κ3) is 32.3. The van der Waals surface area contributed by atoms with Crippen molar-refractivity contribution >= 4 is 111 Å². The van der Waals surface area contributed by atoms with Gasteiger partial charge in [-0.2, -0.15) is 45.8 Å². The van der Waals surface area contributed by atoms with Crippen LogP contribution in [-0.2, 0) is 9.23 Å². The summed E-state index contributed by atoms with van der Waals surface area (Å²) in [5.41, 5.74) is 19.7. The molecule has 2 unspecified atom stereocenters. The maximum Gasteiger partial charge on any atom is 2.00 e. The Hall–Kier alpha value is -9.16. The van der Waals surface area contributed by atoms with Gasteiger partial charge in [0.25, 0.3) is 5.91 Å². The molecule has 0 bridgehead atoms. The zero-order valence-electron chi connectivity index (χ0n) is 60.2. The van der Waals surface area contributed by atoms with Crippen LogP contribution in [0.4, 0.5) is 49.1 Å². The monoisotopic (exact) mass is 1650 g/mol. The van der Waals surface area contributed by atoms with Crippen LogP contribution in [0.2, 0.25) is 39.3 Å². The van der Waals surface area contributed by atoms with E-state index in [9.17, 15) is 50.9 Å². The summed E-state index contributed by atoms with van der Waals surface area (Å²) in [7, 11) is 4.78. The number of aromatic carboxylic acids is 1. The van der Waals surface area contributed by atoms with E-state index in [4.69, 9.17) is 32.6 Å². The molecule has 8 N–H and O–H groups in total. The number of halogens is 9. The smallest absolute Gasteiger partial charge is 1.00 e. The Morgan fingerprint density at radius 3 is 1.62 bits per heavy atom. The van der Waals surface area contributed by atoms with Crippen molar-refractivity contribution in [3.63, 3.8) is 0 Å². The van der Waals surface area contributed by atoms with Crippen LogP contribution in [0.25, 0.3) is 16.2 Å². The molecule has 108 heavy (non-hydrogen) atoms. The van der Waals surface area contributed by atoms with Gasteiger partial charge in [-0.15, -0.1) is 26.3 Å². The number of nitrogens with one attached hydrogen (secondary N) is 1. The second-order valence-corrected chi connectivity index (χ2v) is 37.9. The van der Waals surface area contributed by atoms with E-state index in [1.165, 1.54) is 70.4 Å². The Bertz CT molecular complexity index is 4660. The number of aliphatic hydroxyl groups excluding tert-OH is 2. The third-order valence-corrected chi connectivity index (χ3v) is 21.8. The first-order valence-electron chi connectivity index (χ1n) is 32.2. The van der Waals surface area contributed by atoms with Gasteiger partial charge in [0.1, 0.15) is 52.2 Å². The van der Waals surface area contributed by atoms with Crippen LogP contribution in [0.5, 0.6) is 11.5 Å². The van der Waals surface area contributed by atoms with E-state index in [-0.39, 0.29) is 68.3 Å². The predicted octanol–water partition coefficient (Wildman–Crippen LogP) is 14.8. The summed E-state index contributed by atoms with van der Waals surface area (Å²) >= 11 is 0. The molecule has 32 heteroatoms.